The number of nitrogens with one attached hydrogen (secondary N) is 1. The molecule has 1 aromatic carbocycles. The van der Waals surface area contributed by atoms with Gasteiger partial charge in [-0.15, -0.1) is 0 Å². The van der Waals surface area contributed by atoms with Crippen molar-refractivity contribution in [3.8, 4) is 5.75 Å². The van der Waals surface area contributed by atoms with Crippen molar-refractivity contribution in [2.75, 3.05) is 12.3 Å². The highest BCUT2D eigenvalue weighted by Crippen LogP contribution is 2.21. The number of amides is 1. The fourth-order valence-corrected chi connectivity index (χ4v) is 1.41. The lowest BCUT2D eigenvalue weighted by atomic mass is 10.2. The molecule has 0 heterocycles. The number of anilines is 1. The maximum absolute atomic E-state index is 11.4. The van der Waals surface area contributed by atoms with Gasteiger partial charge in [0.25, 0.3) is 5.91 Å². The fraction of sp³-hybridized carbons (Fsp3) is 0.417. The van der Waals surface area contributed by atoms with Crippen LogP contribution in [-0.4, -0.2) is 18.6 Å². The highest BCUT2D eigenvalue weighted by atomic mass is 16.5. The molecule has 0 radical (unpaired) electrons. The molecule has 0 aliphatic heterocycles. The summed E-state index contributed by atoms with van der Waals surface area (Å²) in [4.78, 5) is 11.4. The predicted octanol–water partition coefficient (Wildman–Crippen LogP) is 1.23. The first-order valence-corrected chi connectivity index (χ1v) is 5.43. The van der Waals surface area contributed by atoms with Crippen molar-refractivity contribution >= 4 is 11.6 Å². The van der Waals surface area contributed by atoms with Crippen LogP contribution >= 0.6 is 0 Å². The number of nitrogens with two attached hydrogens (primary N) is 1. The summed E-state index contributed by atoms with van der Waals surface area (Å²) in [5, 5.41) is 2.86. The van der Waals surface area contributed by atoms with E-state index in [0.29, 0.717) is 17.5 Å². The summed E-state index contributed by atoms with van der Waals surface area (Å²) in [6.45, 7) is 1.98. The third-order valence-electron chi connectivity index (χ3n) is 2.51. The number of benzene rings is 1. The molecule has 0 aromatic heterocycles. The summed E-state index contributed by atoms with van der Waals surface area (Å²) in [5.74, 6) is 0.607. The van der Waals surface area contributed by atoms with Crippen LogP contribution in [0.3, 0.4) is 0 Å². The second-order valence-electron chi connectivity index (χ2n) is 4.16. The van der Waals surface area contributed by atoms with E-state index in [4.69, 9.17) is 10.5 Å². The van der Waals surface area contributed by atoms with Crippen molar-refractivity contribution in [1.29, 1.82) is 0 Å². The fourth-order valence-electron chi connectivity index (χ4n) is 1.41. The molecule has 1 fully saturated rings. The van der Waals surface area contributed by atoms with Gasteiger partial charge >= 0.3 is 0 Å². The first kappa shape index (κ1) is 10.8. The van der Waals surface area contributed by atoms with Crippen molar-refractivity contribution < 1.29 is 9.53 Å². The van der Waals surface area contributed by atoms with Crippen LogP contribution in [0.15, 0.2) is 18.2 Å². The smallest absolute Gasteiger partial charge is 0.258 e. The Labute approximate surface area is 94.8 Å². The quantitative estimate of drug-likeness (QED) is 0.750. The Morgan fingerprint density at radius 2 is 2.31 bits per heavy atom. The van der Waals surface area contributed by atoms with Crippen LogP contribution in [0, 0.1) is 6.92 Å². The molecule has 86 valence electrons. The number of nitrogen functional groups attached to an aromatic ring is 1. The first-order valence-electron chi connectivity index (χ1n) is 5.43. The molecule has 0 unspecified atom stereocenters. The Bertz CT molecular complexity index is 400. The van der Waals surface area contributed by atoms with Crippen LogP contribution in [0.5, 0.6) is 5.75 Å². The van der Waals surface area contributed by atoms with Crippen LogP contribution in [0.4, 0.5) is 5.69 Å². The minimum atomic E-state index is -0.0654. The Kier molecular flexibility index (Phi) is 2.99. The van der Waals surface area contributed by atoms with Crippen molar-refractivity contribution in [2.45, 2.75) is 25.8 Å². The predicted molar refractivity (Wildman–Crippen MR) is 62.3 cm³/mol. The minimum Gasteiger partial charge on any atom is -0.483 e. The second kappa shape index (κ2) is 4.43. The zero-order chi connectivity index (χ0) is 11.5. The van der Waals surface area contributed by atoms with E-state index in [1.807, 2.05) is 19.1 Å². The molecule has 0 spiro atoms. The number of carbonyl (C=O) groups is 1. The van der Waals surface area contributed by atoms with Gasteiger partial charge in [-0.05, 0) is 31.4 Å². The molecule has 1 aromatic rings. The second-order valence-corrected chi connectivity index (χ2v) is 4.16. The van der Waals surface area contributed by atoms with Gasteiger partial charge in [0.15, 0.2) is 6.61 Å². The van der Waals surface area contributed by atoms with E-state index in [9.17, 15) is 4.79 Å². The average Bonchev–Trinajstić information content (AvgIpc) is 3.03. The van der Waals surface area contributed by atoms with Crippen LogP contribution in [0.2, 0.25) is 0 Å². The monoisotopic (exact) mass is 220 g/mol. The molecule has 1 aliphatic rings. The largest absolute Gasteiger partial charge is 0.483 e. The van der Waals surface area contributed by atoms with Crippen LogP contribution < -0.4 is 15.8 Å². The van der Waals surface area contributed by atoms with Gasteiger partial charge in [0.05, 0.1) is 0 Å². The van der Waals surface area contributed by atoms with Gasteiger partial charge in [-0.25, -0.2) is 0 Å². The topological polar surface area (TPSA) is 64.3 Å². The van der Waals surface area contributed by atoms with Crippen LogP contribution in [0.25, 0.3) is 0 Å². The van der Waals surface area contributed by atoms with Gasteiger partial charge in [-0.1, -0.05) is 6.07 Å². The third kappa shape index (κ3) is 2.89. The molecular weight excluding hydrogens is 204 g/mol. The number of hydrogen-bond donors (Lipinski definition) is 2. The van der Waals surface area contributed by atoms with E-state index in [2.05, 4.69) is 5.32 Å². The van der Waals surface area contributed by atoms with Crippen molar-refractivity contribution in [2.24, 2.45) is 0 Å². The van der Waals surface area contributed by atoms with Gasteiger partial charge in [0.2, 0.25) is 0 Å². The average molecular weight is 220 g/mol. The normalized spacial score (nSPS) is 14.6. The highest BCUT2D eigenvalue weighted by molar-refractivity contribution is 5.78. The minimum absolute atomic E-state index is 0.0563. The van der Waals surface area contributed by atoms with Gasteiger partial charge in [-0.3, -0.25) is 4.79 Å². The molecule has 1 saturated carbocycles. The summed E-state index contributed by atoms with van der Waals surface area (Å²) in [6, 6.07) is 5.80. The van der Waals surface area contributed by atoms with Crippen LogP contribution in [-0.2, 0) is 4.79 Å². The molecule has 0 bridgehead atoms. The molecule has 1 amide bonds. The highest BCUT2D eigenvalue weighted by Gasteiger charge is 2.23. The van der Waals surface area contributed by atoms with E-state index in [-0.39, 0.29) is 12.5 Å². The van der Waals surface area contributed by atoms with Gasteiger partial charge in [0.1, 0.15) is 5.75 Å². The summed E-state index contributed by atoms with van der Waals surface area (Å²) < 4.78 is 5.42. The summed E-state index contributed by atoms with van der Waals surface area (Å²) in [5.41, 5.74) is 7.27. The van der Waals surface area contributed by atoms with E-state index in [1.54, 1.807) is 6.07 Å². The molecule has 3 N–H and O–H groups in total. The van der Waals surface area contributed by atoms with Gasteiger partial charge in [-0.2, -0.15) is 0 Å². The Balaban J connectivity index is 1.87. The number of aryl methyl sites for hydroxylation is 1. The van der Waals surface area contributed by atoms with Gasteiger partial charge < -0.3 is 15.8 Å². The summed E-state index contributed by atoms with van der Waals surface area (Å²) in [6.07, 6.45) is 2.17. The molecule has 0 atom stereocenters. The summed E-state index contributed by atoms with van der Waals surface area (Å²) in [7, 11) is 0. The molecule has 16 heavy (non-hydrogen) atoms. The zero-order valence-corrected chi connectivity index (χ0v) is 9.32. The zero-order valence-electron chi connectivity index (χ0n) is 9.32. The number of rotatable bonds is 4. The van der Waals surface area contributed by atoms with Crippen molar-refractivity contribution in [3.63, 3.8) is 0 Å². The lowest BCUT2D eigenvalue weighted by molar-refractivity contribution is -0.123. The van der Waals surface area contributed by atoms with Gasteiger partial charge in [0, 0.05) is 17.8 Å². The maximum atomic E-state index is 11.4. The molecule has 2 rings (SSSR count). The standard InChI is InChI=1S/C12H16N2O2/c1-8-2-3-9(13)6-11(8)16-7-12(15)14-10-4-5-10/h2-3,6,10H,4-5,7,13H2,1H3,(H,14,15). The van der Waals surface area contributed by atoms with Crippen LogP contribution in [0.1, 0.15) is 18.4 Å². The van der Waals surface area contributed by atoms with Crippen molar-refractivity contribution in [1.82, 2.24) is 5.32 Å². The molecule has 1 aliphatic carbocycles. The third-order valence-corrected chi connectivity index (χ3v) is 2.51. The Morgan fingerprint density at radius 3 is 3.00 bits per heavy atom. The molecule has 4 heteroatoms. The van der Waals surface area contributed by atoms with E-state index in [0.717, 1.165) is 18.4 Å². The number of hydrogen-bond acceptors (Lipinski definition) is 3. The number of carbonyl (C=O) groups excluding carboxylic acids is 1. The SMILES string of the molecule is Cc1ccc(N)cc1OCC(=O)NC1CC1. The maximum Gasteiger partial charge on any atom is 0.258 e. The number of ether oxygens (including phenoxy) is 1. The Hall–Kier alpha value is -1.71. The molecule has 4 nitrogen and oxygen atoms in total. The molecular formula is C12H16N2O2. The lowest BCUT2D eigenvalue weighted by Crippen LogP contribution is -2.30. The van der Waals surface area contributed by atoms with E-state index >= 15 is 0 Å². The van der Waals surface area contributed by atoms with Crippen molar-refractivity contribution in [3.05, 3.63) is 23.8 Å². The lowest BCUT2D eigenvalue weighted by Gasteiger charge is -2.09. The summed E-state index contributed by atoms with van der Waals surface area (Å²) >= 11 is 0. The first-order chi connectivity index (χ1) is 7.65. The van der Waals surface area contributed by atoms with E-state index in [1.165, 1.54) is 0 Å². The Morgan fingerprint density at radius 1 is 1.56 bits per heavy atom. The molecule has 0 saturated heterocycles. The van der Waals surface area contributed by atoms with E-state index < -0.39 is 0 Å².